The zero-order valence-corrected chi connectivity index (χ0v) is 16.9. The fraction of sp³-hybridized carbons (Fsp3) is 0.450. The Morgan fingerprint density at radius 1 is 1.11 bits per heavy atom. The molecule has 0 bridgehead atoms. The highest BCUT2D eigenvalue weighted by Gasteiger charge is 2.19. The number of aryl methyl sites for hydroxylation is 1. The number of benzene rings is 1. The smallest absolute Gasteiger partial charge is 0.224 e. The van der Waals surface area contributed by atoms with Crippen LogP contribution in [0.2, 0.25) is 0 Å². The SMILES string of the molecule is Cc1ncc(CN2CCN(c3ccc4ncnc(OC(C)C)c4c3)CC2)s1. The van der Waals surface area contributed by atoms with Gasteiger partial charge in [0.25, 0.3) is 0 Å². The lowest BCUT2D eigenvalue weighted by molar-refractivity contribution is 0.235. The minimum Gasteiger partial charge on any atom is -0.474 e. The monoisotopic (exact) mass is 383 g/mol. The maximum atomic E-state index is 5.87. The number of ether oxygens (including phenoxy) is 1. The highest BCUT2D eigenvalue weighted by Crippen LogP contribution is 2.28. The van der Waals surface area contributed by atoms with Gasteiger partial charge in [0, 0.05) is 49.5 Å². The fourth-order valence-electron chi connectivity index (χ4n) is 3.40. The Bertz CT molecular complexity index is 918. The molecule has 6 nitrogen and oxygen atoms in total. The number of nitrogens with zero attached hydrogens (tertiary/aromatic N) is 5. The van der Waals surface area contributed by atoms with Crippen LogP contribution in [0.1, 0.15) is 23.7 Å². The van der Waals surface area contributed by atoms with Gasteiger partial charge in [-0.1, -0.05) is 0 Å². The van der Waals surface area contributed by atoms with Crippen LogP contribution in [0.4, 0.5) is 5.69 Å². The van der Waals surface area contributed by atoms with Crippen LogP contribution >= 0.6 is 11.3 Å². The molecule has 7 heteroatoms. The zero-order chi connectivity index (χ0) is 18.8. The molecule has 0 saturated carbocycles. The molecule has 2 aromatic heterocycles. The van der Waals surface area contributed by atoms with Gasteiger partial charge in [-0.3, -0.25) is 4.90 Å². The molecule has 0 amide bonds. The lowest BCUT2D eigenvalue weighted by Crippen LogP contribution is -2.45. The van der Waals surface area contributed by atoms with E-state index >= 15 is 0 Å². The fourth-order valence-corrected chi connectivity index (χ4v) is 4.24. The molecule has 1 aromatic carbocycles. The van der Waals surface area contributed by atoms with E-state index in [0.717, 1.165) is 48.6 Å². The number of piperazine rings is 1. The van der Waals surface area contributed by atoms with Crippen LogP contribution in [-0.2, 0) is 6.54 Å². The summed E-state index contributed by atoms with van der Waals surface area (Å²) in [6, 6.07) is 6.37. The van der Waals surface area contributed by atoms with E-state index in [4.69, 9.17) is 4.74 Å². The summed E-state index contributed by atoms with van der Waals surface area (Å²) in [6.45, 7) is 11.2. The molecule has 0 unspecified atom stereocenters. The summed E-state index contributed by atoms with van der Waals surface area (Å²) in [5.74, 6) is 0.663. The summed E-state index contributed by atoms with van der Waals surface area (Å²) >= 11 is 1.79. The third-order valence-electron chi connectivity index (χ3n) is 4.72. The molecule has 142 valence electrons. The van der Waals surface area contributed by atoms with E-state index in [0.29, 0.717) is 5.88 Å². The van der Waals surface area contributed by atoms with Gasteiger partial charge in [-0.15, -0.1) is 11.3 Å². The Morgan fingerprint density at radius 3 is 2.63 bits per heavy atom. The lowest BCUT2D eigenvalue weighted by atomic mass is 10.2. The highest BCUT2D eigenvalue weighted by molar-refractivity contribution is 7.11. The molecule has 0 spiro atoms. The molecule has 3 heterocycles. The van der Waals surface area contributed by atoms with Crippen LogP contribution < -0.4 is 9.64 Å². The average molecular weight is 384 g/mol. The minimum atomic E-state index is 0.0886. The van der Waals surface area contributed by atoms with Crippen LogP contribution in [-0.4, -0.2) is 52.1 Å². The molecule has 0 N–H and O–H groups in total. The van der Waals surface area contributed by atoms with Crippen molar-refractivity contribution in [3.05, 3.63) is 40.6 Å². The van der Waals surface area contributed by atoms with Gasteiger partial charge < -0.3 is 9.64 Å². The number of thiazole rings is 1. The second-order valence-corrected chi connectivity index (χ2v) is 8.47. The molecular weight excluding hydrogens is 358 g/mol. The summed E-state index contributed by atoms with van der Waals surface area (Å²) in [6.07, 6.45) is 3.66. The van der Waals surface area contributed by atoms with Crippen molar-refractivity contribution in [1.29, 1.82) is 0 Å². The average Bonchev–Trinajstić information content (AvgIpc) is 3.07. The van der Waals surface area contributed by atoms with Gasteiger partial charge in [-0.05, 0) is 39.0 Å². The van der Waals surface area contributed by atoms with Crippen molar-refractivity contribution in [1.82, 2.24) is 19.9 Å². The van der Waals surface area contributed by atoms with Crippen molar-refractivity contribution in [2.75, 3.05) is 31.1 Å². The maximum Gasteiger partial charge on any atom is 0.224 e. The molecule has 4 rings (SSSR count). The van der Waals surface area contributed by atoms with Gasteiger partial charge in [0.15, 0.2) is 0 Å². The van der Waals surface area contributed by atoms with E-state index in [-0.39, 0.29) is 6.10 Å². The van der Waals surface area contributed by atoms with E-state index in [1.165, 1.54) is 10.6 Å². The number of aromatic nitrogens is 3. The standard InChI is InChI=1S/C20H25N5OS/c1-14(2)26-20-18-10-16(4-5-19(18)22-13-23-20)25-8-6-24(7-9-25)12-17-11-21-15(3)27-17/h4-5,10-11,13-14H,6-9,12H2,1-3H3. The van der Waals surface area contributed by atoms with Crippen LogP contribution in [0.3, 0.4) is 0 Å². The second-order valence-electron chi connectivity index (χ2n) is 7.16. The van der Waals surface area contributed by atoms with Gasteiger partial charge in [0.1, 0.15) is 6.33 Å². The van der Waals surface area contributed by atoms with Gasteiger partial charge in [0.05, 0.1) is 22.0 Å². The molecular formula is C20H25N5OS. The van der Waals surface area contributed by atoms with Gasteiger partial charge in [-0.2, -0.15) is 0 Å². The Balaban J connectivity index is 1.47. The van der Waals surface area contributed by atoms with Crippen molar-refractivity contribution in [3.8, 4) is 5.88 Å². The number of hydrogen-bond acceptors (Lipinski definition) is 7. The first kappa shape index (κ1) is 18.1. The summed E-state index contributed by atoms with van der Waals surface area (Å²) in [7, 11) is 0. The summed E-state index contributed by atoms with van der Waals surface area (Å²) < 4.78 is 5.87. The van der Waals surface area contributed by atoms with Crippen molar-refractivity contribution < 1.29 is 4.74 Å². The molecule has 1 aliphatic rings. The molecule has 1 saturated heterocycles. The summed E-state index contributed by atoms with van der Waals surface area (Å²) in [5, 5.41) is 2.12. The topological polar surface area (TPSA) is 54.4 Å². The molecule has 0 atom stereocenters. The first-order chi connectivity index (χ1) is 13.1. The maximum absolute atomic E-state index is 5.87. The molecule has 0 radical (unpaired) electrons. The van der Waals surface area contributed by atoms with Crippen LogP contribution in [0.5, 0.6) is 5.88 Å². The number of fused-ring (bicyclic) bond motifs is 1. The van der Waals surface area contributed by atoms with E-state index in [1.54, 1.807) is 17.7 Å². The van der Waals surface area contributed by atoms with Crippen molar-refractivity contribution in [2.45, 2.75) is 33.4 Å². The summed E-state index contributed by atoms with van der Waals surface area (Å²) in [4.78, 5) is 19.3. The minimum absolute atomic E-state index is 0.0886. The number of anilines is 1. The summed E-state index contributed by atoms with van der Waals surface area (Å²) in [5.41, 5.74) is 2.13. The Hall–Kier alpha value is -2.25. The normalized spacial score (nSPS) is 15.6. The van der Waals surface area contributed by atoms with Gasteiger partial charge in [-0.25, -0.2) is 15.0 Å². The molecule has 27 heavy (non-hydrogen) atoms. The third kappa shape index (κ3) is 4.20. The predicted molar refractivity (Wildman–Crippen MR) is 110 cm³/mol. The molecule has 1 fully saturated rings. The van der Waals surface area contributed by atoms with Crippen LogP contribution in [0, 0.1) is 6.92 Å². The molecule has 0 aliphatic carbocycles. The largest absolute Gasteiger partial charge is 0.474 e. The van der Waals surface area contributed by atoms with E-state index in [1.807, 2.05) is 20.0 Å². The quantitative estimate of drug-likeness (QED) is 0.672. The Labute approximate surface area is 163 Å². The van der Waals surface area contributed by atoms with E-state index in [9.17, 15) is 0 Å². The highest BCUT2D eigenvalue weighted by atomic mass is 32.1. The van der Waals surface area contributed by atoms with E-state index in [2.05, 4.69) is 49.9 Å². The zero-order valence-electron chi connectivity index (χ0n) is 16.1. The Kier molecular flexibility index (Phi) is 5.22. The van der Waals surface area contributed by atoms with Crippen molar-refractivity contribution in [2.24, 2.45) is 0 Å². The third-order valence-corrected chi connectivity index (χ3v) is 5.61. The number of hydrogen-bond donors (Lipinski definition) is 0. The number of rotatable bonds is 5. The van der Waals surface area contributed by atoms with Crippen LogP contribution in [0.25, 0.3) is 10.9 Å². The van der Waals surface area contributed by atoms with E-state index < -0.39 is 0 Å². The second kappa shape index (κ2) is 7.78. The first-order valence-electron chi connectivity index (χ1n) is 9.38. The first-order valence-corrected chi connectivity index (χ1v) is 10.2. The lowest BCUT2D eigenvalue weighted by Gasteiger charge is -2.36. The Morgan fingerprint density at radius 2 is 1.93 bits per heavy atom. The van der Waals surface area contributed by atoms with Gasteiger partial charge >= 0.3 is 0 Å². The molecule has 1 aliphatic heterocycles. The predicted octanol–water partition coefficient (Wildman–Crippen LogP) is 3.50. The van der Waals surface area contributed by atoms with Gasteiger partial charge in [0.2, 0.25) is 5.88 Å². The van der Waals surface area contributed by atoms with Crippen molar-refractivity contribution in [3.63, 3.8) is 0 Å². The van der Waals surface area contributed by atoms with Crippen LogP contribution in [0.15, 0.2) is 30.7 Å². The van der Waals surface area contributed by atoms with Crippen molar-refractivity contribution >= 4 is 27.9 Å². The molecule has 3 aromatic rings.